The molecule has 0 fully saturated rings. The lowest BCUT2D eigenvalue weighted by atomic mass is 9.95. The van der Waals surface area contributed by atoms with Gasteiger partial charge in [-0.25, -0.2) is 4.68 Å². The molecular weight excluding hydrogens is 454 g/mol. The van der Waals surface area contributed by atoms with Crippen LogP contribution in [0.15, 0.2) is 90.1 Å². The summed E-state index contributed by atoms with van der Waals surface area (Å²) >= 11 is 0. The summed E-state index contributed by atoms with van der Waals surface area (Å²) in [6, 6.07) is 24.7. The van der Waals surface area contributed by atoms with Crippen LogP contribution in [0.25, 0.3) is 11.4 Å². The average molecular weight is 482 g/mol. The van der Waals surface area contributed by atoms with Crippen molar-refractivity contribution in [2.24, 2.45) is 5.73 Å². The van der Waals surface area contributed by atoms with E-state index in [1.165, 1.54) is 0 Å². The van der Waals surface area contributed by atoms with Crippen LogP contribution >= 0.6 is 0 Å². The minimum atomic E-state index is -0.522. The zero-order valence-corrected chi connectivity index (χ0v) is 20.1. The van der Waals surface area contributed by atoms with Crippen LogP contribution in [-0.2, 0) is 11.4 Å². The van der Waals surface area contributed by atoms with Crippen LogP contribution in [0.4, 0.5) is 5.95 Å². The Morgan fingerprint density at radius 1 is 0.972 bits per heavy atom. The third-order valence-electron chi connectivity index (χ3n) is 5.99. The molecule has 0 saturated heterocycles. The van der Waals surface area contributed by atoms with Crippen LogP contribution in [0.3, 0.4) is 0 Å². The number of benzene rings is 3. The second kappa shape index (κ2) is 9.95. The molecule has 0 saturated carbocycles. The Balaban J connectivity index is 1.45. The number of allylic oxidation sites excluding steroid dienone is 1. The maximum atomic E-state index is 12.5. The number of ether oxygens (including phenoxy) is 2. The highest BCUT2D eigenvalue weighted by atomic mass is 16.5. The minimum Gasteiger partial charge on any atom is -0.494 e. The highest BCUT2D eigenvalue weighted by molar-refractivity contribution is 5.95. The molecule has 0 aliphatic carbocycles. The molecule has 3 N–H and O–H groups in total. The Kier molecular flexibility index (Phi) is 6.40. The molecule has 0 radical (unpaired) electrons. The quantitative estimate of drug-likeness (QED) is 0.378. The number of hydrogen-bond acceptors (Lipinski definition) is 6. The summed E-state index contributed by atoms with van der Waals surface area (Å²) in [7, 11) is 0. The van der Waals surface area contributed by atoms with Crippen molar-refractivity contribution < 1.29 is 14.3 Å². The highest BCUT2D eigenvalue weighted by Crippen LogP contribution is 2.36. The van der Waals surface area contributed by atoms with Crippen molar-refractivity contribution in [3.8, 4) is 22.9 Å². The lowest BCUT2D eigenvalue weighted by molar-refractivity contribution is -0.115. The molecule has 3 aromatic carbocycles. The fourth-order valence-corrected chi connectivity index (χ4v) is 4.25. The molecule has 1 unspecified atom stereocenters. The van der Waals surface area contributed by atoms with E-state index >= 15 is 0 Å². The molecule has 0 spiro atoms. The molecule has 8 nitrogen and oxygen atoms in total. The van der Waals surface area contributed by atoms with Gasteiger partial charge in [-0.1, -0.05) is 42.5 Å². The summed E-state index contributed by atoms with van der Waals surface area (Å²) in [5.74, 6) is 2.07. The fraction of sp³-hybridized carbons (Fsp3) is 0.179. The van der Waals surface area contributed by atoms with Crippen LogP contribution in [0.5, 0.6) is 11.5 Å². The predicted molar refractivity (Wildman–Crippen MR) is 137 cm³/mol. The van der Waals surface area contributed by atoms with E-state index in [2.05, 4.69) is 10.3 Å². The lowest BCUT2D eigenvalue weighted by Gasteiger charge is -2.27. The summed E-state index contributed by atoms with van der Waals surface area (Å²) in [4.78, 5) is 17.2. The molecule has 5 rings (SSSR count). The van der Waals surface area contributed by atoms with Gasteiger partial charge >= 0.3 is 0 Å². The molecule has 182 valence electrons. The van der Waals surface area contributed by atoms with Gasteiger partial charge in [0.2, 0.25) is 11.9 Å². The number of nitrogens with zero attached hydrogens (tertiary/aromatic N) is 3. The normalized spacial score (nSPS) is 14.7. The van der Waals surface area contributed by atoms with Gasteiger partial charge in [-0.15, -0.1) is 5.10 Å². The number of primary amides is 1. The molecule has 1 atom stereocenters. The molecule has 1 aliphatic rings. The molecule has 1 aliphatic heterocycles. The summed E-state index contributed by atoms with van der Waals surface area (Å²) in [6.45, 7) is 4.83. The van der Waals surface area contributed by atoms with Gasteiger partial charge in [0.15, 0.2) is 5.82 Å². The number of nitrogens with two attached hydrogens (primary N) is 1. The van der Waals surface area contributed by atoms with E-state index in [1.807, 2.05) is 92.7 Å². The molecule has 0 bridgehead atoms. The number of nitrogens with one attached hydrogen (secondary N) is 1. The number of amides is 1. The highest BCUT2D eigenvalue weighted by Gasteiger charge is 2.33. The van der Waals surface area contributed by atoms with E-state index in [0.29, 0.717) is 36.3 Å². The number of fused-ring (bicyclic) bond motifs is 1. The second-order valence-corrected chi connectivity index (χ2v) is 8.43. The first-order chi connectivity index (χ1) is 17.5. The standard InChI is InChI=1S/C28H27N5O3/c1-3-35-22-15-11-21(12-16-22)27-31-28-30-18(2)24(26(29)34)25(33(28)32-27)20-9-13-23(14-10-20)36-17-19-7-5-4-6-8-19/h4-16,25H,3,17H2,1-2H3,(H2,29,34)(H,30,31,32). The van der Waals surface area contributed by atoms with E-state index < -0.39 is 11.9 Å². The van der Waals surface area contributed by atoms with Gasteiger partial charge < -0.3 is 20.5 Å². The van der Waals surface area contributed by atoms with Gasteiger partial charge in [0.25, 0.3) is 0 Å². The van der Waals surface area contributed by atoms with E-state index in [1.54, 1.807) is 4.68 Å². The number of hydrogen-bond donors (Lipinski definition) is 2. The molecular formula is C28H27N5O3. The van der Waals surface area contributed by atoms with Crippen molar-refractivity contribution in [2.75, 3.05) is 11.9 Å². The summed E-state index contributed by atoms with van der Waals surface area (Å²) in [5.41, 5.74) is 9.66. The van der Waals surface area contributed by atoms with Gasteiger partial charge in [-0.05, 0) is 61.4 Å². The molecule has 4 aromatic rings. The van der Waals surface area contributed by atoms with E-state index in [9.17, 15) is 4.79 Å². The van der Waals surface area contributed by atoms with Crippen molar-refractivity contribution >= 4 is 11.9 Å². The van der Waals surface area contributed by atoms with Crippen LogP contribution in [-0.4, -0.2) is 27.3 Å². The summed E-state index contributed by atoms with van der Waals surface area (Å²) < 4.78 is 13.2. The van der Waals surface area contributed by atoms with Gasteiger partial charge in [0.05, 0.1) is 12.2 Å². The lowest BCUT2D eigenvalue weighted by Crippen LogP contribution is -2.31. The number of anilines is 1. The molecule has 8 heteroatoms. The Morgan fingerprint density at radius 3 is 2.31 bits per heavy atom. The monoisotopic (exact) mass is 481 g/mol. The molecule has 2 heterocycles. The maximum absolute atomic E-state index is 12.5. The summed E-state index contributed by atoms with van der Waals surface area (Å²) in [6.07, 6.45) is 0. The van der Waals surface area contributed by atoms with Crippen molar-refractivity contribution in [1.82, 2.24) is 14.8 Å². The SMILES string of the molecule is CCOc1ccc(-c2nc3n(n2)C(c2ccc(OCc4ccccc4)cc2)C(C(N)=O)=C(C)N3)cc1. The Hall–Kier alpha value is -4.59. The third-order valence-corrected chi connectivity index (χ3v) is 5.99. The zero-order chi connectivity index (χ0) is 25.1. The van der Waals surface area contributed by atoms with Crippen LogP contribution in [0, 0.1) is 0 Å². The van der Waals surface area contributed by atoms with Gasteiger partial charge in [0.1, 0.15) is 24.1 Å². The number of rotatable bonds is 8. The average Bonchev–Trinajstić information content (AvgIpc) is 3.31. The molecule has 1 aromatic heterocycles. The first kappa shape index (κ1) is 23.2. The fourth-order valence-electron chi connectivity index (χ4n) is 4.25. The van der Waals surface area contributed by atoms with Crippen molar-refractivity contribution in [1.29, 1.82) is 0 Å². The van der Waals surface area contributed by atoms with Crippen LogP contribution < -0.4 is 20.5 Å². The second-order valence-electron chi connectivity index (χ2n) is 8.43. The third kappa shape index (κ3) is 4.65. The topological polar surface area (TPSA) is 104 Å². The Morgan fingerprint density at radius 2 is 1.64 bits per heavy atom. The van der Waals surface area contributed by atoms with Gasteiger partial charge in [-0.3, -0.25) is 4.79 Å². The molecule has 36 heavy (non-hydrogen) atoms. The van der Waals surface area contributed by atoms with E-state index in [-0.39, 0.29) is 0 Å². The van der Waals surface area contributed by atoms with Crippen LogP contribution in [0.2, 0.25) is 0 Å². The summed E-state index contributed by atoms with van der Waals surface area (Å²) in [5, 5.41) is 7.93. The number of carbonyl (C=O) groups excluding carboxylic acids is 1. The first-order valence-corrected chi connectivity index (χ1v) is 11.8. The van der Waals surface area contributed by atoms with Gasteiger partial charge in [-0.2, -0.15) is 4.98 Å². The van der Waals surface area contributed by atoms with E-state index in [4.69, 9.17) is 20.3 Å². The zero-order valence-electron chi connectivity index (χ0n) is 20.1. The smallest absolute Gasteiger partial charge is 0.248 e. The van der Waals surface area contributed by atoms with Crippen LogP contribution in [0.1, 0.15) is 31.0 Å². The van der Waals surface area contributed by atoms with Crippen molar-refractivity contribution in [3.63, 3.8) is 0 Å². The maximum Gasteiger partial charge on any atom is 0.248 e. The Bertz CT molecular complexity index is 1390. The predicted octanol–water partition coefficient (Wildman–Crippen LogP) is 4.70. The van der Waals surface area contributed by atoms with Crippen molar-refractivity contribution in [2.45, 2.75) is 26.5 Å². The van der Waals surface area contributed by atoms with Crippen molar-refractivity contribution in [3.05, 3.63) is 101 Å². The first-order valence-electron chi connectivity index (χ1n) is 11.8. The Labute approximate surface area is 209 Å². The largest absolute Gasteiger partial charge is 0.494 e. The van der Waals surface area contributed by atoms with Gasteiger partial charge in [0, 0.05) is 11.3 Å². The number of carbonyl (C=O) groups is 1. The molecule has 1 amide bonds. The number of aromatic nitrogens is 3. The van der Waals surface area contributed by atoms with E-state index in [0.717, 1.165) is 28.2 Å². The minimum absolute atomic E-state index is 0.434.